The summed E-state index contributed by atoms with van der Waals surface area (Å²) in [5, 5.41) is 0. The summed E-state index contributed by atoms with van der Waals surface area (Å²) in [5.74, 6) is -1.46. The van der Waals surface area contributed by atoms with E-state index in [2.05, 4.69) is 0 Å². The molecule has 0 unspecified atom stereocenters. The molecule has 0 atom stereocenters. The van der Waals surface area contributed by atoms with Crippen LogP contribution in [0.2, 0.25) is 0 Å². The van der Waals surface area contributed by atoms with Crippen LogP contribution in [-0.2, 0) is 20.9 Å². The van der Waals surface area contributed by atoms with E-state index in [0.717, 1.165) is 16.7 Å². The van der Waals surface area contributed by atoms with E-state index in [9.17, 15) is 18.8 Å². The molecule has 2 aromatic rings. The van der Waals surface area contributed by atoms with Crippen LogP contribution in [0, 0.1) is 19.7 Å². The van der Waals surface area contributed by atoms with Gasteiger partial charge in [-0.25, -0.2) is 4.39 Å². The van der Waals surface area contributed by atoms with Gasteiger partial charge < -0.3 is 9.64 Å². The molecule has 5 nitrogen and oxygen atoms in total. The number of ether oxygens (including phenoxy) is 1. The zero-order valence-corrected chi connectivity index (χ0v) is 16.3. The number of Topliss-reactive ketones (excluding diaryl/α,β-unsaturated/α-hetero) is 1. The lowest BCUT2D eigenvalue weighted by molar-refractivity contribution is -0.151. The Morgan fingerprint density at radius 2 is 1.64 bits per heavy atom. The molecule has 148 valence electrons. The van der Waals surface area contributed by atoms with E-state index in [1.807, 2.05) is 19.9 Å². The molecule has 0 saturated carbocycles. The second-order valence-electron chi connectivity index (χ2n) is 6.76. The molecule has 0 fully saturated rings. The smallest absolute Gasteiger partial charge is 0.306 e. The molecule has 0 N–H and O–H groups in total. The number of carbonyl (C=O) groups is 3. The minimum absolute atomic E-state index is 0.0287. The third-order valence-corrected chi connectivity index (χ3v) is 4.50. The van der Waals surface area contributed by atoms with Crippen LogP contribution >= 0.6 is 0 Å². The summed E-state index contributed by atoms with van der Waals surface area (Å²) >= 11 is 0. The van der Waals surface area contributed by atoms with Crippen LogP contribution in [0.15, 0.2) is 42.5 Å². The molecule has 0 aliphatic rings. The number of likely N-dealkylation sites (N-methyl/N-ethyl adjacent to an activating group) is 1. The van der Waals surface area contributed by atoms with Gasteiger partial charge in [-0.05, 0) is 48.7 Å². The van der Waals surface area contributed by atoms with E-state index < -0.39 is 12.6 Å². The number of ketones is 1. The fourth-order valence-electron chi connectivity index (χ4n) is 2.55. The minimum atomic E-state index is -0.597. The first-order valence-corrected chi connectivity index (χ1v) is 9.00. The SMILES string of the molecule is Cc1ccc(C(=O)CCC(=O)OCC(=O)N(C)Cc2ccc(F)cc2)cc1C. The molecule has 0 aliphatic carbocycles. The topological polar surface area (TPSA) is 63.7 Å². The van der Waals surface area contributed by atoms with Gasteiger partial charge >= 0.3 is 5.97 Å². The van der Waals surface area contributed by atoms with Gasteiger partial charge in [0.15, 0.2) is 12.4 Å². The monoisotopic (exact) mass is 385 g/mol. The van der Waals surface area contributed by atoms with Gasteiger partial charge in [0, 0.05) is 25.6 Å². The van der Waals surface area contributed by atoms with E-state index in [0.29, 0.717) is 5.56 Å². The standard InChI is InChI=1S/C22H24FNO4/c1-15-4-7-18(12-16(15)2)20(25)10-11-22(27)28-14-21(26)24(3)13-17-5-8-19(23)9-6-17/h4-9,12H,10-11,13-14H2,1-3H3. The van der Waals surface area contributed by atoms with Crippen LogP contribution < -0.4 is 0 Å². The highest BCUT2D eigenvalue weighted by Crippen LogP contribution is 2.13. The number of aryl methyl sites for hydroxylation is 2. The highest BCUT2D eigenvalue weighted by Gasteiger charge is 2.15. The first-order chi connectivity index (χ1) is 13.3. The number of hydrogen-bond donors (Lipinski definition) is 0. The van der Waals surface area contributed by atoms with Crippen LogP contribution in [0.3, 0.4) is 0 Å². The van der Waals surface area contributed by atoms with Crippen molar-refractivity contribution in [3.8, 4) is 0 Å². The third kappa shape index (κ3) is 6.30. The van der Waals surface area contributed by atoms with Crippen molar-refractivity contribution >= 4 is 17.7 Å². The Hall–Kier alpha value is -3.02. The van der Waals surface area contributed by atoms with Crippen molar-refractivity contribution in [3.63, 3.8) is 0 Å². The number of nitrogens with zero attached hydrogens (tertiary/aromatic N) is 1. The first kappa shape index (κ1) is 21.3. The van der Waals surface area contributed by atoms with Crippen LogP contribution in [0.1, 0.15) is 39.9 Å². The Kier molecular flexibility index (Phi) is 7.44. The molecular formula is C22H24FNO4. The van der Waals surface area contributed by atoms with Crippen LogP contribution in [0.5, 0.6) is 0 Å². The fourth-order valence-corrected chi connectivity index (χ4v) is 2.55. The average molecular weight is 385 g/mol. The molecule has 0 spiro atoms. The van der Waals surface area contributed by atoms with Crippen LogP contribution in [0.4, 0.5) is 4.39 Å². The molecule has 0 bridgehead atoms. The Morgan fingerprint density at radius 1 is 0.964 bits per heavy atom. The Balaban J connectivity index is 1.75. The lowest BCUT2D eigenvalue weighted by Gasteiger charge is -2.17. The molecular weight excluding hydrogens is 361 g/mol. The van der Waals surface area contributed by atoms with Gasteiger partial charge in [0.2, 0.25) is 0 Å². The van der Waals surface area contributed by atoms with Gasteiger partial charge in [-0.3, -0.25) is 14.4 Å². The van der Waals surface area contributed by atoms with Crippen molar-refractivity contribution in [1.82, 2.24) is 4.90 Å². The van der Waals surface area contributed by atoms with Gasteiger partial charge in [0.05, 0.1) is 6.42 Å². The molecule has 0 aromatic heterocycles. The average Bonchev–Trinajstić information content (AvgIpc) is 2.67. The number of carbonyl (C=O) groups excluding carboxylic acids is 3. The summed E-state index contributed by atoms with van der Waals surface area (Å²) in [5.41, 5.74) is 3.44. The second-order valence-corrected chi connectivity index (χ2v) is 6.76. The quantitative estimate of drug-likeness (QED) is 0.514. The van der Waals surface area contributed by atoms with E-state index in [4.69, 9.17) is 4.74 Å². The zero-order valence-electron chi connectivity index (χ0n) is 16.3. The number of benzene rings is 2. The van der Waals surface area contributed by atoms with Crippen molar-refractivity contribution < 1.29 is 23.5 Å². The van der Waals surface area contributed by atoms with E-state index in [1.54, 1.807) is 31.3 Å². The molecule has 6 heteroatoms. The maximum Gasteiger partial charge on any atom is 0.306 e. The van der Waals surface area contributed by atoms with Crippen molar-refractivity contribution in [2.45, 2.75) is 33.2 Å². The van der Waals surface area contributed by atoms with E-state index in [1.165, 1.54) is 17.0 Å². The maximum atomic E-state index is 12.9. The number of amides is 1. The zero-order chi connectivity index (χ0) is 20.7. The molecule has 2 aromatic carbocycles. The lowest BCUT2D eigenvalue weighted by atomic mass is 10.0. The predicted octanol–water partition coefficient (Wildman–Crippen LogP) is 3.61. The number of rotatable bonds is 8. The van der Waals surface area contributed by atoms with E-state index >= 15 is 0 Å². The lowest BCUT2D eigenvalue weighted by Crippen LogP contribution is -2.30. The third-order valence-electron chi connectivity index (χ3n) is 4.50. The molecule has 0 radical (unpaired) electrons. The van der Waals surface area contributed by atoms with Gasteiger partial charge in [0.25, 0.3) is 5.91 Å². The minimum Gasteiger partial charge on any atom is -0.456 e. The van der Waals surface area contributed by atoms with Crippen molar-refractivity contribution in [3.05, 3.63) is 70.5 Å². The van der Waals surface area contributed by atoms with Crippen LogP contribution in [0.25, 0.3) is 0 Å². The Bertz CT molecular complexity index is 861. The molecule has 0 heterocycles. The first-order valence-electron chi connectivity index (χ1n) is 9.00. The van der Waals surface area contributed by atoms with Crippen molar-refractivity contribution in [2.75, 3.05) is 13.7 Å². The summed E-state index contributed by atoms with van der Waals surface area (Å²) in [4.78, 5) is 37.5. The summed E-state index contributed by atoms with van der Waals surface area (Å²) in [6.07, 6.45) is -0.0539. The van der Waals surface area contributed by atoms with Crippen molar-refractivity contribution in [1.29, 1.82) is 0 Å². The van der Waals surface area contributed by atoms with Gasteiger partial charge in [0.1, 0.15) is 5.82 Å². The molecule has 1 amide bonds. The van der Waals surface area contributed by atoms with Crippen LogP contribution in [-0.4, -0.2) is 36.2 Å². The molecule has 0 aliphatic heterocycles. The Morgan fingerprint density at radius 3 is 2.29 bits per heavy atom. The second kappa shape index (κ2) is 9.78. The number of halogens is 1. The number of esters is 1. The molecule has 0 saturated heterocycles. The summed E-state index contributed by atoms with van der Waals surface area (Å²) < 4.78 is 17.9. The molecule has 2 rings (SSSR count). The highest BCUT2D eigenvalue weighted by atomic mass is 19.1. The van der Waals surface area contributed by atoms with Gasteiger partial charge in [-0.2, -0.15) is 0 Å². The summed E-state index contributed by atoms with van der Waals surface area (Å²) in [7, 11) is 1.57. The molecule has 28 heavy (non-hydrogen) atoms. The van der Waals surface area contributed by atoms with Crippen molar-refractivity contribution in [2.24, 2.45) is 0 Å². The Labute approximate surface area is 164 Å². The maximum absolute atomic E-state index is 12.9. The summed E-state index contributed by atoms with van der Waals surface area (Å²) in [6.45, 7) is 3.77. The van der Waals surface area contributed by atoms with Gasteiger partial charge in [-0.15, -0.1) is 0 Å². The largest absolute Gasteiger partial charge is 0.456 e. The predicted molar refractivity (Wildman–Crippen MR) is 103 cm³/mol. The highest BCUT2D eigenvalue weighted by molar-refractivity contribution is 5.97. The number of hydrogen-bond acceptors (Lipinski definition) is 4. The summed E-state index contributed by atoms with van der Waals surface area (Å²) in [6, 6.07) is 11.2. The fraction of sp³-hybridized carbons (Fsp3) is 0.318. The normalized spacial score (nSPS) is 10.4. The van der Waals surface area contributed by atoms with Gasteiger partial charge in [-0.1, -0.05) is 24.3 Å². The van der Waals surface area contributed by atoms with E-state index in [-0.39, 0.29) is 36.9 Å².